The Morgan fingerprint density at radius 1 is 1.25 bits per heavy atom. The van der Waals surface area contributed by atoms with E-state index >= 15 is 0 Å². The van der Waals surface area contributed by atoms with Crippen molar-refractivity contribution in [2.45, 2.75) is 19.9 Å². The number of rotatable bonds is 3. The highest BCUT2D eigenvalue weighted by atomic mass is 16.3. The SMILES string of the molecule is CCCn1c(O)cn(-c2ccccc2)c1=O. The molecule has 4 nitrogen and oxygen atoms in total. The van der Waals surface area contributed by atoms with Crippen molar-refractivity contribution in [3.63, 3.8) is 0 Å². The van der Waals surface area contributed by atoms with E-state index in [4.69, 9.17) is 0 Å². The zero-order valence-corrected chi connectivity index (χ0v) is 9.13. The molecule has 2 aromatic rings. The molecule has 1 N–H and O–H groups in total. The fourth-order valence-electron chi connectivity index (χ4n) is 1.68. The fraction of sp³-hybridized carbons (Fsp3) is 0.250. The standard InChI is InChI=1S/C12H14N2O2/c1-2-8-13-11(15)9-14(12(13)16)10-6-4-3-5-7-10/h3-7,9,15H,2,8H2,1H3. The molecular formula is C12H14N2O2. The number of imidazole rings is 1. The number of aromatic hydroxyl groups is 1. The number of benzene rings is 1. The molecule has 0 amide bonds. The van der Waals surface area contributed by atoms with Gasteiger partial charge < -0.3 is 5.11 Å². The molecule has 0 aliphatic carbocycles. The summed E-state index contributed by atoms with van der Waals surface area (Å²) in [4.78, 5) is 11.9. The van der Waals surface area contributed by atoms with Gasteiger partial charge in [0.25, 0.3) is 0 Å². The first kappa shape index (κ1) is 10.5. The van der Waals surface area contributed by atoms with Crippen LogP contribution in [0.2, 0.25) is 0 Å². The Hall–Kier alpha value is -1.97. The second-order valence-corrected chi connectivity index (χ2v) is 3.63. The molecule has 0 atom stereocenters. The van der Waals surface area contributed by atoms with E-state index in [1.165, 1.54) is 15.3 Å². The van der Waals surface area contributed by atoms with Crippen LogP contribution in [-0.4, -0.2) is 14.2 Å². The molecule has 0 aliphatic rings. The summed E-state index contributed by atoms with van der Waals surface area (Å²) in [6.45, 7) is 2.50. The van der Waals surface area contributed by atoms with Gasteiger partial charge in [0.15, 0.2) is 0 Å². The number of aromatic nitrogens is 2. The molecule has 0 fully saturated rings. The Bertz CT molecular complexity index is 526. The smallest absolute Gasteiger partial charge is 0.335 e. The van der Waals surface area contributed by atoms with Gasteiger partial charge in [-0.25, -0.2) is 4.79 Å². The molecule has 4 heteroatoms. The third-order valence-electron chi connectivity index (χ3n) is 2.44. The van der Waals surface area contributed by atoms with E-state index in [9.17, 15) is 9.90 Å². The highest BCUT2D eigenvalue weighted by Crippen LogP contribution is 2.11. The van der Waals surface area contributed by atoms with E-state index in [1.54, 1.807) is 0 Å². The lowest BCUT2D eigenvalue weighted by atomic mass is 10.3. The van der Waals surface area contributed by atoms with Crippen molar-refractivity contribution in [2.24, 2.45) is 0 Å². The van der Waals surface area contributed by atoms with Gasteiger partial charge in [0.2, 0.25) is 5.88 Å². The molecule has 0 saturated carbocycles. The van der Waals surface area contributed by atoms with Gasteiger partial charge in [-0.3, -0.25) is 9.13 Å². The van der Waals surface area contributed by atoms with E-state index in [1.807, 2.05) is 37.3 Å². The molecule has 0 radical (unpaired) electrons. The number of hydrogen-bond acceptors (Lipinski definition) is 2. The summed E-state index contributed by atoms with van der Waals surface area (Å²) in [6, 6.07) is 9.26. The Morgan fingerprint density at radius 2 is 1.94 bits per heavy atom. The Labute approximate surface area is 93.4 Å². The Balaban J connectivity index is 2.52. The number of hydrogen-bond donors (Lipinski definition) is 1. The van der Waals surface area contributed by atoms with E-state index in [0.717, 1.165) is 12.1 Å². The van der Waals surface area contributed by atoms with E-state index in [2.05, 4.69) is 0 Å². The van der Waals surface area contributed by atoms with E-state index in [-0.39, 0.29) is 11.6 Å². The molecule has 0 spiro atoms. The molecule has 1 heterocycles. The van der Waals surface area contributed by atoms with Crippen LogP contribution in [-0.2, 0) is 6.54 Å². The van der Waals surface area contributed by atoms with Crippen molar-refractivity contribution in [1.29, 1.82) is 0 Å². The van der Waals surface area contributed by atoms with Gasteiger partial charge >= 0.3 is 5.69 Å². The van der Waals surface area contributed by atoms with Crippen LogP contribution in [0.25, 0.3) is 5.69 Å². The van der Waals surface area contributed by atoms with Gasteiger partial charge in [0.1, 0.15) is 0 Å². The van der Waals surface area contributed by atoms with Gasteiger partial charge in [0, 0.05) is 6.54 Å². The maximum Gasteiger partial charge on any atom is 0.335 e. The van der Waals surface area contributed by atoms with Crippen molar-refractivity contribution < 1.29 is 5.11 Å². The molecule has 0 bridgehead atoms. The third-order valence-corrected chi connectivity index (χ3v) is 2.44. The molecule has 16 heavy (non-hydrogen) atoms. The molecule has 0 unspecified atom stereocenters. The summed E-state index contributed by atoms with van der Waals surface area (Å²) in [7, 11) is 0. The summed E-state index contributed by atoms with van der Waals surface area (Å²) in [6.07, 6.45) is 2.26. The van der Waals surface area contributed by atoms with E-state index < -0.39 is 0 Å². The Morgan fingerprint density at radius 3 is 2.56 bits per heavy atom. The molecule has 0 saturated heterocycles. The van der Waals surface area contributed by atoms with Gasteiger partial charge in [-0.1, -0.05) is 25.1 Å². The average molecular weight is 218 g/mol. The highest BCUT2D eigenvalue weighted by Gasteiger charge is 2.09. The van der Waals surface area contributed by atoms with Crippen LogP contribution in [0.4, 0.5) is 0 Å². The topological polar surface area (TPSA) is 47.2 Å². The molecule has 1 aromatic heterocycles. The third kappa shape index (κ3) is 1.74. The second kappa shape index (κ2) is 4.26. The molecule has 1 aromatic carbocycles. The van der Waals surface area contributed by atoms with Crippen molar-refractivity contribution in [3.8, 4) is 11.6 Å². The predicted molar refractivity (Wildman–Crippen MR) is 62.0 cm³/mol. The zero-order chi connectivity index (χ0) is 11.5. The van der Waals surface area contributed by atoms with Crippen molar-refractivity contribution in [1.82, 2.24) is 9.13 Å². The summed E-state index contributed by atoms with van der Waals surface area (Å²) < 4.78 is 2.82. The zero-order valence-electron chi connectivity index (χ0n) is 9.13. The maximum absolute atomic E-state index is 11.9. The van der Waals surface area contributed by atoms with Crippen molar-refractivity contribution in [2.75, 3.05) is 0 Å². The lowest BCUT2D eigenvalue weighted by molar-refractivity contribution is 0.412. The monoisotopic (exact) mass is 218 g/mol. The summed E-state index contributed by atoms with van der Waals surface area (Å²) >= 11 is 0. The van der Waals surface area contributed by atoms with Gasteiger partial charge in [-0.2, -0.15) is 0 Å². The lowest BCUT2D eigenvalue weighted by Crippen LogP contribution is -2.22. The van der Waals surface area contributed by atoms with Gasteiger partial charge in [0.05, 0.1) is 11.9 Å². The highest BCUT2D eigenvalue weighted by molar-refractivity contribution is 5.32. The minimum absolute atomic E-state index is 0.00991. The first-order valence-corrected chi connectivity index (χ1v) is 5.30. The van der Waals surface area contributed by atoms with Gasteiger partial charge in [-0.05, 0) is 18.6 Å². The van der Waals surface area contributed by atoms with Gasteiger partial charge in [-0.15, -0.1) is 0 Å². The molecule has 84 valence electrons. The minimum Gasteiger partial charge on any atom is -0.493 e. The average Bonchev–Trinajstić information content (AvgIpc) is 2.59. The predicted octanol–water partition coefficient (Wildman–Crippen LogP) is 1.75. The van der Waals surface area contributed by atoms with Crippen LogP contribution >= 0.6 is 0 Å². The Kier molecular flexibility index (Phi) is 2.81. The largest absolute Gasteiger partial charge is 0.493 e. The summed E-state index contributed by atoms with van der Waals surface area (Å²) in [5, 5.41) is 9.65. The van der Waals surface area contributed by atoms with Crippen LogP contribution in [0.1, 0.15) is 13.3 Å². The first-order chi connectivity index (χ1) is 7.74. The lowest BCUT2D eigenvalue weighted by Gasteiger charge is -2.00. The molecule has 0 aliphatic heterocycles. The van der Waals surface area contributed by atoms with Crippen molar-refractivity contribution >= 4 is 0 Å². The van der Waals surface area contributed by atoms with Crippen LogP contribution in [0, 0.1) is 0 Å². The van der Waals surface area contributed by atoms with Crippen LogP contribution in [0.5, 0.6) is 5.88 Å². The molecule has 2 rings (SSSR count). The van der Waals surface area contributed by atoms with Crippen LogP contribution in [0.15, 0.2) is 41.3 Å². The summed E-state index contributed by atoms with van der Waals surface area (Å²) in [5.74, 6) is 0.00991. The quantitative estimate of drug-likeness (QED) is 0.853. The van der Waals surface area contributed by atoms with Crippen LogP contribution in [0.3, 0.4) is 0 Å². The second-order valence-electron chi connectivity index (χ2n) is 3.63. The first-order valence-electron chi connectivity index (χ1n) is 5.30. The van der Waals surface area contributed by atoms with Crippen molar-refractivity contribution in [3.05, 3.63) is 47.0 Å². The minimum atomic E-state index is -0.203. The van der Waals surface area contributed by atoms with E-state index in [0.29, 0.717) is 6.54 Å². The maximum atomic E-state index is 11.9. The number of nitrogens with zero attached hydrogens (tertiary/aromatic N) is 2. The molecular weight excluding hydrogens is 204 g/mol. The summed E-state index contributed by atoms with van der Waals surface area (Å²) in [5.41, 5.74) is 0.559. The number of para-hydroxylation sites is 1. The normalized spacial score (nSPS) is 10.6. The fourth-order valence-corrected chi connectivity index (χ4v) is 1.68. The van der Waals surface area contributed by atoms with Crippen LogP contribution < -0.4 is 5.69 Å².